The highest BCUT2D eigenvalue weighted by Gasteiger charge is 2.10. The number of nitrogens with one attached hydrogen (secondary N) is 2. The first kappa shape index (κ1) is 16.4. The number of hydrogen-bond donors (Lipinski definition) is 3. The molecule has 0 bridgehead atoms. The first-order valence-corrected chi connectivity index (χ1v) is 8.14. The van der Waals surface area contributed by atoms with E-state index in [1.807, 2.05) is 42.5 Å². The van der Waals surface area contributed by atoms with Gasteiger partial charge in [0.05, 0.1) is 12.6 Å². The Bertz CT molecular complexity index is 922. The molecule has 0 aliphatic heterocycles. The fourth-order valence-corrected chi connectivity index (χ4v) is 2.67. The number of halogens is 1. The largest absolute Gasteiger partial charge is 0.497 e. The molecule has 122 valence electrons. The third kappa shape index (κ3) is 3.55. The van der Waals surface area contributed by atoms with Gasteiger partial charge in [0, 0.05) is 15.5 Å². The standard InChI is InChI=1S/C16H13BrN4O2S/c1-23-11-5-3-10(4-6-11)18-16(24)21-20-14-12-8-9(17)2-7-13(12)19-15(14)22/h2-8,19,22H,1H3,(H,18,24). The number of H-pyrrole nitrogens is 1. The van der Waals surface area contributed by atoms with Crippen molar-refractivity contribution in [1.29, 1.82) is 0 Å². The van der Waals surface area contributed by atoms with Crippen LogP contribution in [0, 0.1) is 0 Å². The predicted octanol–water partition coefficient (Wildman–Crippen LogP) is 5.13. The van der Waals surface area contributed by atoms with E-state index in [-0.39, 0.29) is 11.0 Å². The molecule has 3 aromatic rings. The maximum absolute atomic E-state index is 9.98. The second-order valence-electron chi connectivity index (χ2n) is 4.87. The molecule has 6 nitrogen and oxygen atoms in total. The highest BCUT2D eigenvalue weighted by molar-refractivity contribution is 9.10. The van der Waals surface area contributed by atoms with Crippen LogP contribution in [0.15, 0.2) is 57.2 Å². The lowest BCUT2D eigenvalue weighted by Crippen LogP contribution is -2.04. The normalized spacial score (nSPS) is 11.1. The van der Waals surface area contributed by atoms with Gasteiger partial charge in [-0.25, -0.2) is 0 Å². The summed E-state index contributed by atoms with van der Waals surface area (Å²) < 4.78 is 5.98. The van der Waals surface area contributed by atoms with Crippen LogP contribution in [0.3, 0.4) is 0 Å². The van der Waals surface area contributed by atoms with E-state index in [4.69, 9.17) is 17.0 Å². The highest BCUT2D eigenvalue weighted by Crippen LogP contribution is 2.36. The number of aromatic hydroxyl groups is 1. The number of benzene rings is 2. The summed E-state index contributed by atoms with van der Waals surface area (Å²) in [4.78, 5) is 2.84. The first-order valence-electron chi connectivity index (χ1n) is 6.94. The van der Waals surface area contributed by atoms with Gasteiger partial charge in [0.2, 0.25) is 11.0 Å². The molecule has 0 aliphatic rings. The van der Waals surface area contributed by atoms with Gasteiger partial charge in [-0.1, -0.05) is 15.9 Å². The number of aromatic amines is 1. The molecule has 0 aliphatic carbocycles. The molecular weight excluding hydrogens is 392 g/mol. The van der Waals surface area contributed by atoms with Crippen LogP contribution in [-0.2, 0) is 0 Å². The second kappa shape index (κ2) is 6.98. The summed E-state index contributed by atoms with van der Waals surface area (Å²) in [5.41, 5.74) is 1.87. The molecule has 3 N–H and O–H groups in total. The van der Waals surface area contributed by atoms with Crippen molar-refractivity contribution < 1.29 is 9.84 Å². The smallest absolute Gasteiger partial charge is 0.218 e. The molecule has 8 heteroatoms. The van der Waals surface area contributed by atoms with Crippen molar-refractivity contribution >= 4 is 55.5 Å². The van der Waals surface area contributed by atoms with Crippen LogP contribution in [-0.4, -0.2) is 22.3 Å². The van der Waals surface area contributed by atoms with Gasteiger partial charge in [-0.2, -0.15) is 0 Å². The van der Waals surface area contributed by atoms with Crippen LogP contribution in [0.5, 0.6) is 11.6 Å². The molecule has 0 amide bonds. The van der Waals surface area contributed by atoms with E-state index in [2.05, 4.69) is 36.5 Å². The van der Waals surface area contributed by atoms with Gasteiger partial charge < -0.3 is 20.1 Å². The van der Waals surface area contributed by atoms with Gasteiger partial charge in [-0.3, -0.25) is 0 Å². The lowest BCUT2D eigenvalue weighted by molar-refractivity contribution is 0.415. The quantitative estimate of drug-likeness (QED) is 0.417. The Kier molecular flexibility index (Phi) is 4.77. The number of methoxy groups -OCH3 is 1. The van der Waals surface area contributed by atoms with Crippen molar-refractivity contribution in [2.24, 2.45) is 10.2 Å². The minimum absolute atomic E-state index is 0.0564. The number of ether oxygens (including phenoxy) is 1. The molecule has 0 spiro atoms. The Morgan fingerprint density at radius 2 is 2.00 bits per heavy atom. The summed E-state index contributed by atoms with van der Waals surface area (Å²) in [6.07, 6.45) is 0. The van der Waals surface area contributed by atoms with E-state index in [0.29, 0.717) is 5.69 Å². The van der Waals surface area contributed by atoms with Crippen molar-refractivity contribution in [3.05, 3.63) is 46.9 Å². The number of fused-ring (bicyclic) bond motifs is 1. The van der Waals surface area contributed by atoms with Gasteiger partial charge in [0.15, 0.2) is 5.69 Å². The average Bonchev–Trinajstić information content (AvgIpc) is 2.88. The molecule has 1 aromatic heterocycles. The van der Waals surface area contributed by atoms with Crippen molar-refractivity contribution in [3.63, 3.8) is 0 Å². The van der Waals surface area contributed by atoms with Crippen molar-refractivity contribution in [2.45, 2.75) is 0 Å². The number of thiocarbonyl (C=S) groups is 1. The van der Waals surface area contributed by atoms with Crippen molar-refractivity contribution in [2.75, 3.05) is 12.4 Å². The molecule has 0 atom stereocenters. The molecule has 0 saturated carbocycles. The fraction of sp³-hybridized carbons (Fsp3) is 0.0625. The number of aromatic nitrogens is 1. The van der Waals surface area contributed by atoms with E-state index in [0.717, 1.165) is 26.8 Å². The van der Waals surface area contributed by atoms with Gasteiger partial charge in [-0.05, 0) is 54.7 Å². The molecular formula is C16H13BrN4O2S. The van der Waals surface area contributed by atoms with Crippen LogP contribution in [0.2, 0.25) is 0 Å². The van der Waals surface area contributed by atoms with Crippen LogP contribution in [0.1, 0.15) is 0 Å². The van der Waals surface area contributed by atoms with Crippen LogP contribution in [0.25, 0.3) is 10.9 Å². The lowest BCUT2D eigenvalue weighted by Gasteiger charge is -2.04. The Balaban J connectivity index is 1.78. The Labute approximate surface area is 151 Å². The average molecular weight is 405 g/mol. The minimum atomic E-state index is -0.0564. The first-order chi connectivity index (χ1) is 11.6. The molecule has 24 heavy (non-hydrogen) atoms. The summed E-state index contributed by atoms with van der Waals surface area (Å²) in [7, 11) is 1.60. The third-order valence-corrected chi connectivity index (χ3v) is 3.97. The van der Waals surface area contributed by atoms with E-state index < -0.39 is 0 Å². The van der Waals surface area contributed by atoms with Crippen LogP contribution in [0.4, 0.5) is 11.4 Å². The summed E-state index contributed by atoms with van der Waals surface area (Å²) >= 11 is 8.55. The number of anilines is 1. The highest BCUT2D eigenvalue weighted by atomic mass is 79.9. The number of hydrogen-bond acceptors (Lipinski definition) is 4. The van der Waals surface area contributed by atoms with Gasteiger partial charge in [0.25, 0.3) is 0 Å². The Hall–Kier alpha value is -2.45. The fourth-order valence-electron chi connectivity index (χ4n) is 2.16. The third-order valence-electron chi connectivity index (χ3n) is 3.30. The maximum Gasteiger partial charge on any atom is 0.218 e. The molecule has 2 aromatic carbocycles. The van der Waals surface area contributed by atoms with E-state index in [1.165, 1.54) is 0 Å². The van der Waals surface area contributed by atoms with E-state index in [9.17, 15) is 5.11 Å². The predicted molar refractivity (Wildman–Crippen MR) is 101 cm³/mol. The summed E-state index contributed by atoms with van der Waals surface area (Å²) in [5.74, 6) is 0.696. The van der Waals surface area contributed by atoms with Crippen LogP contribution >= 0.6 is 28.1 Å². The van der Waals surface area contributed by atoms with Crippen molar-refractivity contribution in [3.8, 4) is 11.6 Å². The molecule has 0 saturated heterocycles. The van der Waals surface area contributed by atoms with Gasteiger partial charge in [-0.15, -0.1) is 10.2 Å². The summed E-state index contributed by atoms with van der Waals surface area (Å²) in [6.45, 7) is 0. The summed E-state index contributed by atoms with van der Waals surface area (Å²) in [6, 6.07) is 12.8. The molecule has 0 unspecified atom stereocenters. The maximum atomic E-state index is 9.98. The lowest BCUT2D eigenvalue weighted by atomic mass is 10.2. The molecule has 1 heterocycles. The Morgan fingerprint density at radius 3 is 2.71 bits per heavy atom. The number of nitrogens with zero attached hydrogens (tertiary/aromatic N) is 2. The molecule has 0 fully saturated rings. The summed E-state index contributed by atoms with van der Waals surface area (Å²) in [5, 5.41) is 21.9. The van der Waals surface area contributed by atoms with E-state index in [1.54, 1.807) is 7.11 Å². The zero-order valence-electron chi connectivity index (χ0n) is 12.6. The van der Waals surface area contributed by atoms with Gasteiger partial charge in [0.1, 0.15) is 5.75 Å². The van der Waals surface area contributed by atoms with E-state index >= 15 is 0 Å². The molecule has 3 rings (SSSR count). The SMILES string of the molecule is COc1ccc(NC(=S)N=Nc2c(O)[nH]c3ccc(Br)cc23)cc1. The molecule has 0 radical (unpaired) electrons. The zero-order valence-corrected chi connectivity index (χ0v) is 15.0. The monoisotopic (exact) mass is 404 g/mol. The zero-order chi connectivity index (χ0) is 17.1. The Morgan fingerprint density at radius 1 is 1.25 bits per heavy atom. The van der Waals surface area contributed by atoms with Crippen LogP contribution < -0.4 is 10.1 Å². The second-order valence-corrected chi connectivity index (χ2v) is 6.17. The minimum Gasteiger partial charge on any atom is -0.497 e. The topological polar surface area (TPSA) is 82.0 Å². The van der Waals surface area contributed by atoms with Crippen molar-refractivity contribution in [1.82, 2.24) is 4.98 Å². The number of rotatable bonds is 3. The number of azo groups is 1. The van der Waals surface area contributed by atoms with Gasteiger partial charge >= 0.3 is 0 Å².